The van der Waals surface area contributed by atoms with Crippen molar-refractivity contribution in [2.45, 2.75) is 6.54 Å². The highest BCUT2D eigenvalue weighted by atomic mass is 16.5. The second-order valence-corrected chi connectivity index (χ2v) is 3.94. The van der Waals surface area contributed by atoms with Crippen molar-refractivity contribution in [3.8, 4) is 5.75 Å². The van der Waals surface area contributed by atoms with Crippen molar-refractivity contribution >= 4 is 16.8 Å². The summed E-state index contributed by atoms with van der Waals surface area (Å²) >= 11 is 0. The van der Waals surface area contributed by atoms with Gasteiger partial charge in [0.25, 0.3) is 0 Å². The van der Waals surface area contributed by atoms with Crippen LogP contribution in [0.15, 0.2) is 24.4 Å². The summed E-state index contributed by atoms with van der Waals surface area (Å²) in [6.45, 7) is 0.800. The van der Waals surface area contributed by atoms with E-state index >= 15 is 0 Å². The molecule has 3 rings (SSSR count). The van der Waals surface area contributed by atoms with Crippen LogP contribution >= 0.6 is 0 Å². The van der Waals surface area contributed by atoms with Crippen molar-refractivity contribution in [1.29, 1.82) is 0 Å². The van der Waals surface area contributed by atoms with Crippen molar-refractivity contribution < 1.29 is 4.74 Å². The zero-order valence-electron chi connectivity index (χ0n) is 9.82. The quantitative estimate of drug-likeness (QED) is 0.717. The molecule has 1 aromatic carbocycles. The van der Waals surface area contributed by atoms with Crippen molar-refractivity contribution in [2.75, 3.05) is 14.2 Å². The lowest BCUT2D eigenvalue weighted by Gasteiger charge is -1.99. The molecule has 0 amide bonds. The number of imidazole rings is 2. The molecule has 0 atom stereocenters. The lowest BCUT2D eigenvalue weighted by atomic mass is 10.3. The zero-order chi connectivity index (χ0) is 11.8. The molecule has 2 aromatic heterocycles. The first-order valence-corrected chi connectivity index (χ1v) is 5.50. The Labute approximate surface area is 98.4 Å². The van der Waals surface area contributed by atoms with Gasteiger partial charge >= 0.3 is 0 Å². The van der Waals surface area contributed by atoms with Gasteiger partial charge in [-0.15, -0.1) is 0 Å². The summed E-state index contributed by atoms with van der Waals surface area (Å²) in [7, 11) is 3.58. The molecular weight excluding hydrogens is 216 g/mol. The molecule has 88 valence electrons. The third kappa shape index (κ3) is 1.47. The molecule has 3 aromatic rings. The van der Waals surface area contributed by atoms with Crippen LogP contribution in [0.2, 0.25) is 0 Å². The SMILES string of the molecule is CNCc1cn2c(nc3c(OC)cccc32)[nH]1. The number of hydrogen-bond donors (Lipinski definition) is 2. The molecule has 17 heavy (non-hydrogen) atoms. The summed E-state index contributed by atoms with van der Waals surface area (Å²) in [6.07, 6.45) is 2.06. The van der Waals surface area contributed by atoms with Gasteiger partial charge in [-0.3, -0.25) is 4.40 Å². The van der Waals surface area contributed by atoms with Crippen LogP contribution in [0.3, 0.4) is 0 Å². The monoisotopic (exact) mass is 230 g/mol. The second kappa shape index (κ2) is 3.78. The molecule has 0 fully saturated rings. The molecule has 2 heterocycles. The highest BCUT2D eigenvalue weighted by molar-refractivity contribution is 5.85. The lowest BCUT2D eigenvalue weighted by molar-refractivity contribution is 0.419. The number of aromatic nitrogens is 3. The first-order valence-electron chi connectivity index (χ1n) is 5.50. The number of aromatic amines is 1. The van der Waals surface area contributed by atoms with Crippen molar-refractivity contribution in [2.24, 2.45) is 0 Å². The minimum atomic E-state index is 0.800. The number of methoxy groups -OCH3 is 1. The number of fused-ring (bicyclic) bond motifs is 3. The third-order valence-electron chi connectivity index (χ3n) is 2.83. The van der Waals surface area contributed by atoms with Crippen LogP contribution in [0.4, 0.5) is 0 Å². The van der Waals surface area contributed by atoms with E-state index < -0.39 is 0 Å². The molecule has 0 aliphatic carbocycles. The van der Waals surface area contributed by atoms with Gasteiger partial charge in [0.1, 0.15) is 11.3 Å². The Bertz CT molecular complexity index is 668. The summed E-state index contributed by atoms with van der Waals surface area (Å²) in [5, 5.41) is 3.11. The predicted octanol–water partition coefficient (Wildman–Crippen LogP) is 1.54. The number of nitrogens with zero attached hydrogens (tertiary/aromatic N) is 2. The maximum absolute atomic E-state index is 5.30. The van der Waals surface area contributed by atoms with Gasteiger partial charge in [-0.05, 0) is 19.2 Å². The van der Waals surface area contributed by atoms with Crippen molar-refractivity contribution in [1.82, 2.24) is 19.7 Å². The number of rotatable bonds is 3. The molecule has 5 heteroatoms. The van der Waals surface area contributed by atoms with Crippen LogP contribution < -0.4 is 10.1 Å². The smallest absolute Gasteiger partial charge is 0.212 e. The van der Waals surface area contributed by atoms with Gasteiger partial charge in [-0.2, -0.15) is 0 Å². The van der Waals surface area contributed by atoms with Gasteiger partial charge in [0.15, 0.2) is 0 Å². The number of ether oxygens (including phenoxy) is 1. The fraction of sp³-hybridized carbons (Fsp3) is 0.250. The molecule has 2 N–H and O–H groups in total. The van der Waals surface area contributed by atoms with E-state index in [9.17, 15) is 0 Å². The molecule has 0 aliphatic heterocycles. The molecule has 0 saturated carbocycles. The van der Waals surface area contributed by atoms with Crippen LogP contribution in [0.25, 0.3) is 16.8 Å². The normalized spacial score (nSPS) is 11.4. The van der Waals surface area contributed by atoms with Crippen LogP contribution in [-0.4, -0.2) is 28.5 Å². The van der Waals surface area contributed by atoms with E-state index in [0.29, 0.717) is 0 Å². The maximum Gasteiger partial charge on any atom is 0.212 e. The molecule has 0 saturated heterocycles. The van der Waals surface area contributed by atoms with E-state index in [1.807, 2.05) is 29.6 Å². The van der Waals surface area contributed by atoms with E-state index in [1.165, 1.54) is 0 Å². The van der Waals surface area contributed by atoms with Gasteiger partial charge < -0.3 is 15.0 Å². The predicted molar refractivity (Wildman–Crippen MR) is 66.4 cm³/mol. The molecule has 0 radical (unpaired) electrons. The van der Waals surface area contributed by atoms with Gasteiger partial charge in [0.2, 0.25) is 5.78 Å². The summed E-state index contributed by atoms with van der Waals surface area (Å²) in [4.78, 5) is 7.81. The van der Waals surface area contributed by atoms with Gasteiger partial charge in [-0.25, -0.2) is 4.98 Å². The molecule has 5 nitrogen and oxygen atoms in total. The highest BCUT2D eigenvalue weighted by Crippen LogP contribution is 2.25. The standard InChI is InChI=1S/C12H14N4O/c1-13-6-8-7-16-9-4-3-5-10(17-2)11(9)15-12(16)14-8/h3-5,7,13H,6H2,1-2H3,(H,14,15). The molecule has 0 bridgehead atoms. The summed E-state index contributed by atoms with van der Waals surface area (Å²) in [5.41, 5.74) is 3.05. The minimum Gasteiger partial charge on any atom is -0.494 e. The number of hydrogen-bond acceptors (Lipinski definition) is 3. The topological polar surface area (TPSA) is 54.4 Å². The fourth-order valence-corrected chi connectivity index (χ4v) is 2.09. The van der Waals surface area contributed by atoms with Crippen LogP contribution in [0, 0.1) is 0 Å². The highest BCUT2D eigenvalue weighted by Gasteiger charge is 2.10. The Kier molecular flexibility index (Phi) is 2.26. The van der Waals surface area contributed by atoms with Gasteiger partial charge in [0, 0.05) is 18.4 Å². The largest absolute Gasteiger partial charge is 0.494 e. The summed E-state index contributed by atoms with van der Waals surface area (Å²) in [5.74, 6) is 1.64. The number of nitrogens with one attached hydrogen (secondary N) is 2. The van der Waals surface area contributed by atoms with E-state index in [-0.39, 0.29) is 0 Å². The Hall–Kier alpha value is -2.01. The Morgan fingerprint density at radius 2 is 2.35 bits per heavy atom. The Morgan fingerprint density at radius 3 is 3.12 bits per heavy atom. The number of benzene rings is 1. The summed E-state index contributed by atoms with van der Waals surface area (Å²) in [6, 6.07) is 5.93. The average Bonchev–Trinajstić information content (AvgIpc) is 2.86. The van der Waals surface area contributed by atoms with E-state index in [1.54, 1.807) is 7.11 Å². The van der Waals surface area contributed by atoms with Crippen molar-refractivity contribution in [3.05, 3.63) is 30.1 Å². The molecule has 0 unspecified atom stereocenters. The first-order chi connectivity index (χ1) is 8.33. The third-order valence-corrected chi connectivity index (χ3v) is 2.83. The Morgan fingerprint density at radius 1 is 1.47 bits per heavy atom. The zero-order valence-corrected chi connectivity index (χ0v) is 9.82. The summed E-state index contributed by atoms with van der Waals surface area (Å²) < 4.78 is 7.35. The maximum atomic E-state index is 5.30. The van der Waals surface area contributed by atoms with E-state index in [4.69, 9.17) is 4.74 Å². The second-order valence-electron chi connectivity index (χ2n) is 3.94. The van der Waals surface area contributed by atoms with E-state index in [2.05, 4.69) is 21.5 Å². The van der Waals surface area contributed by atoms with Crippen LogP contribution in [-0.2, 0) is 6.54 Å². The number of para-hydroxylation sites is 1. The molecule has 0 aliphatic rings. The van der Waals surface area contributed by atoms with Crippen molar-refractivity contribution in [3.63, 3.8) is 0 Å². The fourth-order valence-electron chi connectivity index (χ4n) is 2.09. The molecule has 0 spiro atoms. The van der Waals surface area contributed by atoms with Crippen LogP contribution in [0.5, 0.6) is 5.75 Å². The Balaban J connectivity index is 2.26. The lowest BCUT2D eigenvalue weighted by Crippen LogP contribution is -2.04. The number of H-pyrrole nitrogens is 1. The average molecular weight is 230 g/mol. The van der Waals surface area contributed by atoms with Crippen LogP contribution in [0.1, 0.15) is 5.69 Å². The van der Waals surface area contributed by atoms with E-state index in [0.717, 1.165) is 34.8 Å². The first kappa shape index (κ1) is 10.2. The minimum absolute atomic E-state index is 0.800. The van der Waals surface area contributed by atoms with Gasteiger partial charge in [0.05, 0.1) is 12.6 Å². The molecular formula is C12H14N4O. The van der Waals surface area contributed by atoms with Gasteiger partial charge in [-0.1, -0.05) is 6.07 Å².